The highest BCUT2D eigenvalue weighted by Crippen LogP contribution is 2.29. The van der Waals surface area contributed by atoms with Gasteiger partial charge in [0.05, 0.1) is 12.2 Å². The summed E-state index contributed by atoms with van der Waals surface area (Å²) in [5, 5.41) is 0. The first-order chi connectivity index (χ1) is 7.31. The van der Waals surface area contributed by atoms with Crippen LogP contribution >= 0.6 is 0 Å². The maximum Gasteiger partial charge on any atom is 0.0755 e. The predicted molar refractivity (Wildman–Crippen MR) is 61.3 cm³/mol. The summed E-state index contributed by atoms with van der Waals surface area (Å²) in [5.41, 5.74) is 2.68. The van der Waals surface area contributed by atoms with Crippen LogP contribution in [0, 0.1) is 6.92 Å². The van der Waals surface area contributed by atoms with Crippen molar-refractivity contribution < 1.29 is 4.74 Å². The van der Waals surface area contributed by atoms with Gasteiger partial charge in [0.25, 0.3) is 0 Å². The highest BCUT2D eigenvalue weighted by atomic mass is 16.5. The molecule has 0 spiro atoms. The van der Waals surface area contributed by atoms with Crippen molar-refractivity contribution in [1.29, 1.82) is 0 Å². The average molecular weight is 203 g/mol. The van der Waals surface area contributed by atoms with Crippen molar-refractivity contribution in [1.82, 2.24) is 0 Å². The van der Waals surface area contributed by atoms with Gasteiger partial charge in [-0.05, 0) is 31.9 Å². The van der Waals surface area contributed by atoms with Crippen LogP contribution in [0.4, 0.5) is 5.69 Å². The quantitative estimate of drug-likeness (QED) is 0.694. The van der Waals surface area contributed by atoms with E-state index in [-0.39, 0.29) is 0 Å². The Morgan fingerprint density at radius 3 is 2.27 bits per heavy atom. The molecule has 0 N–H and O–H groups in total. The molecule has 0 aliphatic carbocycles. The molecule has 0 unspecified atom stereocenters. The highest BCUT2D eigenvalue weighted by molar-refractivity contribution is 5.48. The number of ether oxygens (including phenoxy) is 1. The number of rotatable bonds is 1. The second-order valence-electron chi connectivity index (χ2n) is 4.70. The SMILES string of the molecule is Cc1ccc(N2C[C@H]3CC[C@@H](C2)O3)cc1. The second kappa shape index (κ2) is 3.53. The number of fused-ring (bicyclic) bond motifs is 2. The highest BCUT2D eigenvalue weighted by Gasteiger charge is 2.33. The molecular weight excluding hydrogens is 186 g/mol. The molecule has 2 bridgehead atoms. The Labute approximate surface area is 90.8 Å². The zero-order valence-electron chi connectivity index (χ0n) is 9.15. The predicted octanol–water partition coefficient (Wildman–Crippen LogP) is 2.36. The summed E-state index contributed by atoms with van der Waals surface area (Å²) in [5.74, 6) is 0. The van der Waals surface area contributed by atoms with Crippen molar-refractivity contribution in [3.63, 3.8) is 0 Å². The van der Waals surface area contributed by atoms with Gasteiger partial charge in [-0.2, -0.15) is 0 Å². The Hall–Kier alpha value is -1.02. The van der Waals surface area contributed by atoms with E-state index < -0.39 is 0 Å². The third-order valence-corrected chi connectivity index (χ3v) is 3.44. The molecule has 2 aliphatic heterocycles. The number of hydrogen-bond donors (Lipinski definition) is 0. The van der Waals surface area contributed by atoms with Crippen LogP contribution in [0.1, 0.15) is 18.4 Å². The van der Waals surface area contributed by atoms with Gasteiger partial charge in [-0.1, -0.05) is 17.7 Å². The molecule has 15 heavy (non-hydrogen) atoms. The fraction of sp³-hybridized carbons (Fsp3) is 0.538. The first kappa shape index (κ1) is 9.22. The smallest absolute Gasteiger partial charge is 0.0755 e. The van der Waals surface area contributed by atoms with Crippen molar-refractivity contribution in [3.8, 4) is 0 Å². The van der Waals surface area contributed by atoms with Crippen LogP contribution < -0.4 is 4.90 Å². The summed E-state index contributed by atoms with van der Waals surface area (Å²) in [6.07, 6.45) is 3.44. The van der Waals surface area contributed by atoms with Crippen LogP contribution in [0.3, 0.4) is 0 Å². The van der Waals surface area contributed by atoms with Crippen LogP contribution in [-0.2, 0) is 4.74 Å². The molecule has 2 fully saturated rings. The Balaban J connectivity index is 1.80. The van der Waals surface area contributed by atoms with E-state index in [1.54, 1.807) is 0 Å². The lowest BCUT2D eigenvalue weighted by atomic mass is 10.2. The minimum Gasteiger partial charge on any atom is -0.371 e. The maximum absolute atomic E-state index is 5.83. The largest absolute Gasteiger partial charge is 0.371 e. The van der Waals surface area contributed by atoms with Crippen LogP contribution in [-0.4, -0.2) is 25.3 Å². The van der Waals surface area contributed by atoms with E-state index in [0.29, 0.717) is 12.2 Å². The molecular formula is C13H17NO. The van der Waals surface area contributed by atoms with Crippen LogP contribution in [0.25, 0.3) is 0 Å². The third kappa shape index (κ3) is 1.74. The van der Waals surface area contributed by atoms with Gasteiger partial charge in [-0.15, -0.1) is 0 Å². The number of nitrogens with zero attached hydrogens (tertiary/aromatic N) is 1. The molecule has 0 aromatic heterocycles. The van der Waals surface area contributed by atoms with Crippen molar-refractivity contribution in [3.05, 3.63) is 29.8 Å². The van der Waals surface area contributed by atoms with Crippen LogP contribution in [0.15, 0.2) is 24.3 Å². The van der Waals surface area contributed by atoms with Crippen LogP contribution in [0.5, 0.6) is 0 Å². The number of hydrogen-bond acceptors (Lipinski definition) is 2. The molecule has 1 aromatic carbocycles. The molecule has 3 rings (SSSR count). The summed E-state index contributed by atoms with van der Waals surface area (Å²) in [4.78, 5) is 2.46. The minimum atomic E-state index is 0.477. The molecule has 2 heteroatoms. The number of anilines is 1. The first-order valence-electron chi connectivity index (χ1n) is 5.78. The molecule has 0 radical (unpaired) electrons. The number of benzene rings is 1. The Morgan fingerprint density at radius 1 is 1.07 bits per heavy atom. The molecule has 2 aliphatic rings. The summed E-state index contributed by atoms with van der Waals surface area (Å²) < 4.78 is 5.83. The Kier molecular flexibility index (Phi) is 2.17. The van der Waals surface area contributed by atoms with E-state index >= 15 is 0 Å². The molecule has 0 amide bonds. The van der Waals surface area contributed by atoms with Crippen LogP contribution in [0.2, 0.25) is 0 Å². The van der Waals surface area contributed by atoms with Gasteiger partial charge in [-0.3, -0.25) is 0 Å². The van der Waals surface area contributed by atoms with Gasteiger partial charge < -0.3 is 9.64 Å². The van der Waals surface area contributed by atoms with Gasteiger partial charge >= 0.3 is 0 Å². The standard InChI is InChI=1S/C13H17NO/c1-10-2-4-11(5-3-10)14-8-12-6-7-13(9-14)15-12/h2-5,12-13H,6-9H2,1H3/t12-,13+. The lowest BCUT2D eigenvalue weighted by Crippen LogP contribution is -2.42. The maximum atomic E-state index is 5.83. The van der Waals surface area contributed by atoms with Gasteiger partial charge in [0.2, 0.25) is 0 Å². The van der Waals surface area contributed by atoms with E-state index in [0.717, 1.165) is 13.1 Å². The zero-order chi connectivity index (χ0) is 10.3. The van der Waals surface area contributed by atoms with Crippen molar-refractivity contribution >= 4 is 5.69 Å². The zero-order valence-corrected chi connectivity index (χ0v) is 9.15. The minimum absolute atomic E-state index is 0.477. The summed E-state index contributed by atoms with van der Waals surface area (Å²) in [6.45, 7) is 4.27. The first-order valence-corrected chi connectivity index (χ1v) is 5.78. The molecule has 2 saturated heterocycles. The van der Waals surface area contributed by atoms with Crippen molar-refractivity contribution in [2.24, 2.45) is 0 Å². The molecule has 1 aromatic rings. The third-order valence-electron chi connectivity index (χ3n) is 3.44. The normalized spacial score (nSPS) is 29.5. The lowest BCUT2D eigenvalue weighted by molar-refractivity contribution is 0.0305. The molecule has 2 atom stereocenters. The fourth-order valence-electron chi connectivity index (χ4n) is 2.58. The monoisotopic (exact) mass is 203 g/mol. The summed E-state index contributed by atoms with van der Waals surface area (Å²) in [6, 6.07) is 8.82. The lowest BCUT2D eigenvalue weighted by Gasteiger charge is -2.33. The Morgan fingerprint density at radius 2 is 1.67 bits per heavy atom. The number of aryl methyl sites for hydroxylation is 1. The number of morpholine rings is 1. The fourth-order valence-corrected chi connectivity index (χ4v) is 2.58. The van der Waals surface area contributed by atoms with Gasteiger partial charge in [0.15, 0.2) is 0 Å². The molecule has 0 saturated carbocycles. The summed E-state index contributed by atoms with van der Waals surface area (Å²) in [7, 11) is 0. The average Bonchev–Trinajstić information content (AvgIpc) is 2.59. The second-order valence-corrected chi connectivity index (χ2v) is 4.70. The molecule has 80 valence electrons. The van der Waals surface area contributed by atoms with E-state index in [1.807, 2.05) is 0 Å². The van der Waals surface area contributed by atoms with Crippen molar-refractivity contribution in [2.45, 2.75) is 32.0 Å². The summed E-state index contributed by atoms with van der Waals surface area (Å²) >= 11 is 0. The molecule has 2 nitrogen and oxygen atoms in total. The van der Waals surface area contributed by atoms with Gasteiger partial charge in [-0.25, -0.2) is 0 Å². The topological polar surface area (TPSA) is 12.5 Å². The van der Waals surface area contributed by atoms with E-state index in [1.165, 1.54) is 24.1 Å². The Bertz CT molecular complexity index is 334. The van der Waals surface area contributed by atoms with Gasteiger partial charge in [0, 0.05) is 18.8 Å². The van der Waals surface area contributed by atoms with E-state index in [2.05, 4.69) is 36.1 Å². The van der Waals surface area contributed by atoms with E-state index in [4.69, 9.17) is 4.74 Å². The van der Waals surface area contributed by atoms with Crippen molar-refractivity contribution in [2.75, 3.05) is 18.0 Å². The molecule has 2 heterocycles. The van der Waals surface area contributed by atoms with Gasteiger partial charge in [0.1, 0.15) is 0 Å². The van der Waals surface area contributed by atoms with E-state index in [9.17, 15) is 0 Å².